The first-order chi connectivity index (χ1) is 25.9. The number of allylic oxidation sites excluding steroid dienone is 2. The molecule has 0 spiro atoms. The number of rotatable bonds is 9. The van der Waals surface area contributed by atoms with Gasteiger partial charge in [0.05, 0.1) is 11.7 Å². The molecule has 1 heterocycles. The lowest BCUT2D eigenvalue weighted by Gasteiger charge is -2.68. The summed E-state index contributed by atoms with van der Waals surface area (Å²) >= 11 is 0. The molecule has 2 aromatic rings. The van der Waals surface area contributed by atoms with Crippen LogP contribution in [0.3, 0.4) is 0 Å². The molecule has 0 amide bonds. The van der Waals surface area contributed by atoms with Gasteiger partial charge >= 0.3 is 0 Å². The first-order valence-corrected chi connectivity index (χ1v) is 21.4. The Morgan fingerprint density at radius 2 is 1.73 bits per heavy atom. The highest BCUT2D eigenvalue weighted by atomic mass is 16.6. The maximum Gasteiger partial charge on any atom is 0.159 e. The van der Waals surface area contributed by atoms with Crippen molar-refractivity contribution >= 4 is 17.3 Å². The molecular weight excluding hydrogens is 685 g/mol. The summed E-state index contributed by atoms with van der Waals surface area (Å²) in [6.07, 6.45) is 8.13. The summed E-state index contributed by atoms with van der Waals surface area (Å²) in [5.74, 6) is 1.73. The van der Waals surface area contributed by atoms with Gasteiger partial charge in [0.25, 0.3) is 0 Å². The Balaban J connectivity index is 1.04. The standard InChI is InChI=1S/C48H66N2O5/c1-27(19-37(52)43-48(7,55-43)35-14-10-13-33(35)29-11-9-12-31(49)22-29)41-36-15-16-40-45(4)24-34(30-20-28(26-50-8)21-32(51)23-30)42(54)44(2,3)39(45)17-18-46(40,5)47(36,6)25-38(41)53/h9,11-12,20-23,27,33-35,37,39-40,43,50-52H,10,13-19,24-26,49H2,1-8H3. The number of anilines is 1. The predicted molar refractivity (Wildman–Crippen MR) is 217 cm³/mol. The third-order valence-electron chi connectivity index (χ3n) is 17.2. The average molecular weight is 751 g/mol. The van der Waals surface area contributed by atoms with E-state index < -0.39 is 11.5 Å². The summed E-state index contributed by atoms with van der Waals surface area (Å²) < 4.78 is 6.46. The number of hydrogen-bond donors (Lipinski definition) is 4. The van der Waals surface area contributed by atoms with E-state index in [1.54, 1.807) is 6.07 Å². The van der Waals surface area contributed by atoms with Crippen LogP contribution in [-0.2, 0) is 20.9 Å². The highest BCUT2D eigenvalue weighted by molar-refractivity contribution is 6.00. The van der Waals surface area contributed by atoms with Gasteiger partial charge in [0.2, 0.25) is 0 Å². The topological polar surface area (TPSA) is 125 Å². The molecule has 5 aliphatic carbocycles. The molecule has 0 aromatic heterocycles. The molecule has 1 saturated heterocycles. The fourth-order valence-corrected chi connectivity index (χ4v) is 14.6. The van der Waals surface area contributed by atoms with Crippen LogP contribution in [0.15, 0.2) is 53.6 Å². The van der Waals surface area contributed by atoms with E-state index in [1.165, 1.54) is 11.1 Å². The fourth-order valence-electron chi connectivity index (χ4n) is 14.6. The maximum atomic E-state index is 14.4. The van der Waals surface area contributed by atoms with Crippen molar-refractivity contribution in [1.29, 1.82) is 0 Å². The number of phenolic OH excluding ortho intramolecular Hbond substituents is 1. The number of phenols is 1. The quantitative estimate of drug-likeness (QED) is 0.149. The Morgan fingerprint density at radius 3 is 2.45 bits per heavy atom. The molecule has 8 rings (SSSR count). The number of ketones is 2. The highest BCUT2D eigenvalue weighted by Crippen LogP contribution is 2.75. The Morgan fingerprint density at radius 1 is 0.964 bits per heavy atom. The predicted octanol–water partition coefficient (Wildman–Crippen LogP) is 9.01. The molecule has 5 N–H and O–H groups in total. The number of aliphatic hydroxyl groups is 1. The largest absolute Gasteiger partial charge is 0.508 e. The van der Waals surface area contributed by atoms with E-state index in [2.05, 4.69) is 72.0 Å². The number of aromatic hydroxyl groups is 1. The number of fused-ring (bicyclic) bond motifs is 5. The molecule has 55 heavy (non-hydrogen) atoms. The third kappa shape index (κ3) is 5.82. The van der Waals surface area contributed by atoms with E-state index in [0.29, 0.717) is 37.1 Å². The summed E-state index contributed by atoms with van der Waals surface area (Å²) in [6.45, 7) is 16.6. The van der Waals surface area contributed by atoms with E-state index in [-0.39, 0.29) is 63.0 Å². The summed E-state index contributed by atoms with van der Waals surface area (Å²) in [5.41, 5.74) is 11.1. The lowest BCUT2D eigenvalue weighted by Crippen LogP contribution is -2.63. The molecule has 5 fully saturated rings. The van der Waals surface area contributed by atoms with Crippen molar-refractivity contribution in [1.82, 2.24) is 5.32 Å². The van der Waals surface area contributed by atoms with Gasteiger partial charge < -0.3 is 26.0 Å². The maximum absolute atomic E-state index is 14.4. The lowest BCUT2D eigenvalue weighted by molar-refractivity contribution is -0.183. The number of benzene rings is 2. The van der Waals surface area contributed by atoms with Gasteiger partial charge in [-0.1, -0.05) is 71.7 Å². The lowest BCUT2D eigenvalue weighted by atomic mass is 9.35. The first-order valence-electron chi connectivity index (χ1n) is 21.4. The normalized spacial score (nSPS) is 40.4. The van der Waals surface area contributed by atoms with Gasteiger partial charge in [-0.2, -0.15) is 0 Å². The molecule has 6 aliphatic rings. The molecule has 4 saturated carbocycles. The minimum Gasteiger partial charge on any atom is -0.508 e. The summed E-state index contributed by atoms with van der Waals surface area (Å²) in [7, 11) is 1.90. The highest BCUT2D eigenvalue weighted by Gasteiger charge is 2.69. The van der Waals surface area contributed by atoms with Crippen LogP contribution >= 0.6 is 0 Å². The van der Waals surface area contributed by atoms with E-state index >= 15 is 0 Å². The Labute approximate surface area is 329 Å². The van der Waals surface area contributed by atoms with Gasteiger partial charge in [0.1, 0.15) is 17.6 Å². The number of nitrogens with two attached hydrogens (primary N) is 1. The molecule has 0 bridgehead atoms. The van der Waals surface area contributed by atoms with Gasteiger partial charge in [0.15, 0.2) is 5.78 Å². The molecule has 298 valence electrons. The second kappa shape index (κ2) is 13.3. The summed E-state index contributed by atoms with van der Waals surface area (Å²) in [5, 5.41) is 25.7. The van der Waals surface area contributed by atoms with Gasteiger partial charge in [-0.3, -0.25) is 9.59 Å². The monoisotopic (exact) mass is 750 g/mol. The molecule has 1 aliphatic heterocycles. The van der Waals surface area contributed by atoms with Crippen molar-refractivity contribution < 1.29 is 24.5 Å². The number of aliphatic hydroxyl groups excluding tert-OH is 1. The second-order valence-electron chi connectivity index (χ2n) is 20.5. The van der Waals surface area contributed by atoms with Gasteiger partial charge in [-0.25, -0.2) is 0 Å². The molecule has 2 aromatic carbocycles. The van der Waals surface area contributed by atoms with E-state index in [0.717, 1.165) is 73.8 Å². The van der Waals surface area contributed by atoms with E-state index in [1.807, 2.05) is 25.2 Å². The molecule has 7 nitrogen and oxygen atoms in total. The first kappa shape index (κ1) is 38.9. The van der Waals surface area contributed by atoms with Crippen LogP contribution in [0.25, 0.3) is 0 Å². The van der Waals surface area contributed by atoms with E-state index in [9.17, 15) is 19.8 Å². The van der Waals surface area contributed by atoms with Crippen molar-refractivity contribution in [2.75, 3.05) is 12.8 Å². The van der Waals surface area contributed by atoms with Crippen molar-refractivity contribution in [3.63, 3.8) is 0 Å². The summed E-state index contributed by atoms with van der Waals surface area (Å²) in [4.78, 5) is 28.8. The van der Waals surface area contributed by atoms with Crippen molar-refractivity contribution in [2.24, 2.45) is 45.3 Å². The fraction of sp³-hybridized carbons (Fsp3) is 0.667. The van der Waals surface area contributed by atoms with Gasteiger partial charge in [-0.15, -0.1) is 0 Å². The number of Topliss-reactive ketones (excluding diaryl/α,β-unsaturated/α-hetero) is 2. The Kier molecular flexibility index (Phi) is 9.38. The number of epoxide rings is 1. The zero-order valence-electron chi connectivity index (χ0n) is 34.6. The number of ether oxygens (including phenoxy) is 1. The number of carbonyl (C=O) groups is 2. The Bertz CT molecular complexity index is 1920. The van der Waals surface area contributed by atoms with Crippen LogP contribution in [0.1, 0.15) is 141 Å². The number of nitrogen functional groups attached to an aromatic ring is 1. The van der Waals surface area contributed by atoms with Crippen LogP contribution in [0.4, 0.5) is 5.69 Å². The number of nitrogens with one attached hydrogen (secondary N) is 1. The smallest absolute Gasteiger partial charge is 0.159 e. The molecule has 12 unspecified atom stereocenters. The van der Waals surface area contributed by atoms with Crippen molar-refractivity contribution in [2.45, 2.75) is 149 Å². The van der Waals surface area contributed by atoms with Crippen molar-refractivity contribution in [3.8, 4) is 5.75 Å². The van der Waals surface area contributed by atoms with Crippen LogP contribution in [0.2, 0.25) is 0 Å². The van der Waals surface area contributed by atoms with Crippen LogP contribution in [0.5, 0.6) is 5.75 Å². The van der Waals surface area contributed by atoms with Crippen LogP contribution in [0, 0.1) is 45.3 Å². The minimum atomic E-state index is -0.638. The number of carbonyl (C=O) groups excluding carboxylic acids is 2. The Hall–Kier alpha value is -3.00. The van der Waals surface area contributed by atoms with Crippen LogP contribution in [-0.4, -0.2) is 46.6 Å². The zero-order valence-corrected chi connectivity index (χ0v) is 34.6. The van der Waals surface area contributed by atoms with E-state index in [4.69, 9.17) is 10.5 Å². The van der Waals surface area contributed by atoms with Crippen molar-refractivity contribution in [3.05, 3.63) is 70.3 Å². The second-order valence-corrected chi connectivity index (χ2v) is 20.5. The van der Waals surface area contributed by atoms with Gasteiger partial charge in [-0.05, 0) is 152 Å². The molecular formula is C48H66N2O5. The third-order valence-corrected chi connectivity index (χ3v) is 17.2. The zero-order chi connectivity index (χ0) is 39.5. The SMILES string of the molecule is CNCc1cc(O)cc(C2CC3(C)C(CCC4(C)C3CCC3=C(C(C)CC(O)C5OC5(C)C5CCCC5c5cccc(N)c5)C(=O)CC34C)C(C)(C)C2=O)c1. The van der Waals surface area contributed by atoms with Gasteiger partial charge in [0, 0.05) is 35.4 Å². The van der Waals surface area contributed by atoms with Crippen LogP contribution < -0.4 is 11.1 Å². The minimum absolute atomic E-state index is 0.0543. The molecule has 0 radical (unpaired) electrons. The summed E-state index contributed by atoms with van der Waals surface area (Å²) in [6, 6.07) is 14.0. The number of hydrogen-bond acceptors (Lipinski definition) is 7. The molecule has 7 heteroatoms. The molecule has 12 atom stereocenters. The average Bonchev–Trinajstić information content (AvgIpc) is 3.42.